The molecule has 3 aromatic rings. The zero-order valence-electron chi connectivity index (χ0n) is 22.0. The van der Waals surface area contributed by atoms with E-state index < -0.39 is 5.97 Å². The van der Waals surface area contributed by atoms with Gasteiger partial charge in [-0.3, -0.25) is 4.79 Å². The molecule has 0 saturated heterocycles. The molecule has 1 aromatic heterocycles. The molecule has 0 N–H and O–H groups in total. The zero-order valence-corrected chi connectivity index (χ0v) is 23.6. The highest BCUT2D eigenvalue weighted by molar-refractivity contribution is 9.10. The van der Waals surface area contributed by atoms with Gasteiger partial charge in [0.05, 0.1) is 37.4 Å². The van der Waals surface area contributed by atoms with Gasteiger partial charge in [-0.1, -0.05) is 35.2 Å². The van der Waals surface area contributed by atoms with E-state index in [9.17, 15) is 9.59 Å². The highest BCUT2D eigenvalue weighted by Crippen LogP contribution is 2.38. The summed E-state index contributed by atoms with van der Waals surface area (Å²) in [4.78, 5) is 30.4. The molecule has 0 atom stereocenters. The lowest BCUT2D eigenvalue weighted by molar-refractivity contribution is -0.149. The summed E-state index contributed by atoms with van der Waals surface area (Å²) in [5.74, 6) is 1.30. The van der Waals surface area contributed by atoms with Crippen LogP contribution in [0.1, 0.15) is 63.3 Å². The van der Waals surface area contributed by atoms with E-state index in [0.29, 0.717) is 33.8 Å². The number of rotatable bonds is 9. The maximum absolute atomic E-state index is 13.6. The Bertz CT molecular complexity index is 1370. The highest BCUT2D eigenvalue weighted by Gasteiger charge is 2.23. The van der Waals surface area contributed by atoms with Crippen LogP contribution in [0.3, 0.4) is 0 Å². The SMILES string of the molecule is COc1cc(C=Nn2c(C3CCCCC3)nc3ccc(Br)cc3c2=O)cc(OC)c1OCC(=O)OC(C)C. The second kappa shape index (κ2) is 12.4. The second-order valence-electron chi connectivity index (χ2n) is 9.41. The average molecular weight is 586 g/mol. The van der Waals surface area contributed by atoms with Crippen LogP contribution >= 0.6 is 15.9 Å². The van der Waals surface area contributed by atoms with Crippen LogP contribution in [0.5, 0.6) is 17.2 Å². The van der Waals surface area contributed by atoms with Gasteiger partial charge in [0.15, 0.2) is 18.1 Å². The lowest BCUT2D eigenvalue weighted by Crippen LogP contribution is -2.25. The number of halogens is 1. The number of methoxy groups -OCH3 is 2. The quantitative estimate of drug-likeness (QED) is 0.243. The molecule has 0 bridgehead atoms. The van der Waals surface area contributed by atoms with Crippen molar-refractivity contribution in [2.45, 2.75) is 58.0 Å². The van der Waals surface area contributed by atoms with Crippen molar-refractivity contribution < 1.29 is 23.7 Å². The highest BCUT2D eigenvalue weighted by atomic mass is 79.9. The van der Waals surface area contributed by atoms with Crippen LogP contribution in [0.4, 0.5) is 0 Å². The normalized spacial score (nSPS) is 14.3. The standard InChI is InChI=1S/C28H32BrN3O6/c1-17(2)38-25(33)16-37-26-23(35-3)12-18(13-24(26)36-4)15-30-32-27(19-8-6-5-7-9-19)31-22-11-10-20(29)14-21(22)28(32)34/h10-15,17,19H,5-9,16H2,1-4H3. The molecule has 1 aliphatic carbocycles. The van der Waals surface area contributed by atoms with Gasteiger partial charge >= 0.3 is 5.97 Å². The number of benzene rings is 2. The summed E-state index contributed by atoms with van der Waals surface area (Å²) in [5, 5.41) is 5.08. The summed E-state index contributed by atoms with van der Waals surface area (Å²) < 4.78 is 24.0. The lowest BCUT2D eigenvalue weighted by atomic mass is 9.88. The van der Waals surface area contributed by atoms with E-state index in [1.807, 2.05) is 12.1 Å². The minimum Gasteiger partial charge on any atom is -0.493 e. The fourth-order valence-corrected chi connectivity index (χ4v) is 4.93. The van der Waals surface area contributed by atoms with Crippen molar-refractivity contribution in [3.05, 3.63) is 56.5 Å². The number of esters is 1. The van der Waals surface area contributed by atoms with E-state index in [4.69, 9.17) is 23.9 Å². The molecule has 0 aliphatic heterocycles. The van der Waals surface area contributed by atoms with E-state index in [1.165, 1.54) is 25.3 Å². The number of carbonyl (C=O) groups is 1. The summed E-state index contributed by atoms with van der Waals surface area (Å²) in [6, 6.07) is 8.91. The topological polar surface area (TPSA) is 101 Å². The maximum Gasteiger partial charge on any atom is 0.344 e. The van der Waals surface area contributed by atoms with Gasteiger partial charge in [0.1, 0.15) is 5.82 Å². The van der Waals surface area contributed by atoms with Gasteiger partial charge in [0.2, 0.25) is 5.75 Å². The number of ether oxygens (including phenoxy) is 4. The molecular formula is C28H32BrN3O6. The molecule has 1 saturated carbocycles. The molecule has 202 valence electrons. The van der Waals surface area contributed by atoms with Crippen molar-refractivity contribution in [3.63, 3.8) is 0 Å². The van der Waals surface area contributed by atoms with Crippen molar-refractivity contribution in [1.82, 2.24) is 9.66 Å². The zero-order chi connectivity index (χ0) is 27.2. The average Bonchev–Trinajstić information content (AvgIpc) is 2.91. The minimum absolute atomic E-state index is 0.159. The van der Waals surface area contributed by atoms with Gasteiger partial charge in [-0.05, 0) is 57.0 Å². The third-order valence-corrected chi connectivity index (χ3v) is 6.80. The predicted molar refractivity (Wildman–Crippen MR) is 149 cm³/mol. The van der Waals surface area contributed by atoms with E-state index in [-0.39, 0.29) is 29.9 Å². The molecule has 9 nitrogen and oxygen atoms in total. The first-order valence-corrected chi connectivity index (χ1v) is 13.4. The molecule has 1 aliphatic rings. The van der Waals surface area contributed by atoms with Crippen LogP contribution in [0.25, 0.3) is 10.9 Å². The Morgan fingerprint density at radius 3 is 2.45 bits per heavy atom. The van der Waals surface area contributed by atoms with E-state index >= 15 is 0 Å². The molecule has 4 rings (SSSR count). The first-order valence-electron chi connectivity index (χ1n) is 12.7. The largest absolute Gasteiger partial charge is 0.493 e. The Hall–Kier alpha value is -3.40. The smallest absolute Gasteiger partial charge is 0.344 e. The van der Waals surface area contributed by atoms with Gasteiger partial charge in [0, 0.05) is 16.0 Å². The number of hydrogen-bond donors (Lipinski definition) is 0. The molecular weight excluding hydrogens is 554 g/mol. The van der Waals surface area contributed by atoms with Crippen LogP contribution in [0.15, 0.2) is 44.7 Å². The summed E-state index contributed by atoms with van der Waals surface area (Å²) in [5.41, 5.74) is 1.05. The molecule has 1 heterocycles. The van der Waals surface area contributed by atoms with Crippen molar-refractivity contribution >= 4 is 39.0 Å². The fraction of sp³-hybridized carbons (Fsp3) is 0.429. The van der Waals surface area contributed by atoms with E-state index in [1.54, 1.807) is 38.3 Å². The summed E-state index contributed by atoms with van der Waals surface area (Å²) >= 11 is 3.45. The van der Waals surface area contributed by atoms with Gasteiger partial charge < -0.3 is 18.9 Å². The second-order valence-corrected chi connectivity index (χ2v) is 10.3. The molecule has 1 fully saturated rings. The molecule has 2 aromatic carbocycles. The van der Waals surface area contributed by atoms with Crippen LogP contribution in [-0.4, -0.2) is 48.8 Å². The fourth-order valence-electron chi connectivity index (χ4n) is 4.57. The van der Waals surface area contributed by atoms with Gasteiger partial charge in [0.25, 0.3) is 5.56 Å². The number of fused-ring (bicyclic) bond motifs is 1. The Morgan fingerprint density at radius 1 is 1.13 bits per heavy atom. The van der Waals surface area contributed by atoms with Crippen molar-refractivity contribution in [1.29, 1.82) is 0 Å². The Morgan fingerprint density at radius 2 is 1.82 bits per heavy atom. The molecule has 0 amide bonds. The predicted octanol–water partition coefficient (Wildman–Crippen LogP) is 5.44. The molecule has 38 heavy (non-hydrogen) atoms. The monoisotopic (exact) mass is 585 g/mol. The number of nitrogens with zero attached hydrogens (tertiary/aromatic N) is 3. The maximum atomic E-state index is 13.6. The van der Waals surface area contributed by atoms with Crippen molar-refractivity contribution in [3.8, 4) is 17.2 Å². The van der Waals surface area contributed by atoms with Gasteiger partial charge in [-0.2, -0.15) is 9.78 Å². The minimum atomic E-state index is -0.500. The Balaban J connectivity index is 1.72. The summed E-state index contributed by atoms with van der Waals surface area (Å²) in [7, 11) is 2.98. The molecule has 0 spiro atoms. The van der Waals surface area contributed by atoms with Crippen LogP contribution in [-0.2, 0) is 9.53 Å². The lowest BCUT2D eigenvalue weighted by Gasteiger charge is -2.22. The van der Waals surface area contributed by atoms with Gasteiger partial charge in [-0.15, -0.1) is 0 Å². The van der Waals surface area contributed by atoms with Crippen LogP contribution in [0.2, 0.25) is 0 Å². The van der Waals surface area contributed by atoms with Gasteiger partial charge in [-0.25, -0.2) is 9.78 Å². The van der Waals surface area contributed by atoms with Crippen LogP contribution < -0.4 is 19.8 Å². The van der Waals surface area contributed by atoms with Crippen molar-refractivity contribution in [2.75, 3.05) is 20.8 Å². The van der Waals surface area contributed by atoms with Crippen molar-refractivity contribution in [2.24, 2.45) is 5.10 Å². The molecule has 0 radical (unpaired) electrons. The molecule has 0 unspecified atom stereocenters. The third-order valence-electron chi connectivity index (χ3n) is 6.31. The first kappa shape index (κ1) is 27.6. The first-order chi connectivity index (χ1) is 18.3. The number of aromatic nitrogens is 2. The Labute approximate surface area is 229 Å². The number of hydrogen-bond acceptors (Lipinski definition) is 8. The summed E-state index contributed by atoms with van der Waals surface area (Å²) in [6.45, 7) is 3.24. The summed E-state index contributed by atoms with van der Waals surface area (Å²) in [6.07, 6.45) is 6.65. The van der Waals surface area contributed by atoms with E-state index in [0.717, 1.165) is 30.2 Å². The molecule has 10 heteroatoms. The van der Waals surface area contributed by atoms with E-state index in [2.05, 4.69) is 21.0 Å². The van der Waals surface area contributed by atoms with Crippen LogP contribution in [0, 0.1) is 0 Å². The Kier molecular flexibility index (Phi) is 9.04. The number of carbonyl (C=O) groups excluding carboxylic acids is 1. The third kappa shape index (κ3) is 6.35.